The molecule has 0 saturated heterocycles. The minimum absolute atomic E-state index is 0.00310. The smallest absolute Gasteiger partial charge is 0.303 e. The van der Waals surface area contributed by atoms with Crippen molar-refractivity contribution >= 4 is 21.9 Å². The summed E-state index contributed by atoms with van der Waals surface area (Å²) in [7, 11) is -3.68. The van der Waals surface area contributed by atoms with Gasteiger partial charge in [-0.1, -0.05) is 44.2 Å². The minimum Gasteiger partial charge on any atom is -0.481 e. The molecular formula is C19H28N2O5S. The van der Waals surface area contributed by atoms with Gasteiger partial charge >= 0.3 is 5.97 Å². The van der Waals surface area contributed by atoms with Crippen LogP contribution in [0.1, 0.15) is 67.3 Å². The van der Waals surface area contributed by atoms with E-state index in [-0.39, 0.29) is 24.1 Å². The van der Waals surface area contributed by atoms with Crippen LogP contribution < -0.4 is 10.5 Å². The summed E-state index contributed by atoms with van der Waals surface area (Å²) in [6, 6.07) is 6.12. The van der Waals surface area contributed by atoms with E-state index in [0.29, 0.717) is 23.5 Å². The van der Waals surface area contributed by atoms with Gasteiger partial charge in [0.15, 0.2) is 0 Å². The van der Waals surface area contributed by atoms with Gasteiger partial charge in [0.25, 0.3) is 5.91 Å². The second-order valence-corrected chi connectivity index (χ2v) is 8.96. The average Bonchev–Trinajstić information content (AvgIpc) is 2.59. The van der Waals surface area contributed by atoms with Crippen LogP contribution in [-0.4, -0.2) is 31.4 Å². The van der Waals surface area contributed by atoms with Gasteiger partial charge in [0.2, 0.25) is 10.0 Å². The first-order valence-corrected chi connectivity index (χ1v) is 11.1. The predicted octanol–water partition coefficient (Wildman–Crippen LogP) is 2.41. The molecule has 1 atom stereocenters. The van der Waals surface area contributed by atoms with Crippen LogP contribution in [0.15, 0.2) is 24.3 Å². The molecule has 4 N–H and O–H groups in total. The molecule has 1 saturated carbocycles. The topological polar surface area (TPSA) is 127 Å². The zero-order valence-electron chi connectivity index (χ0n) is 15.4. The maximum atomic E-state index is 12.6. The summed E-state index contributed by atoms with van der Waals surface area (Å²) in [6.45, 7) is 0. The number of hydrogen-bond acceptors (Lipinski definition) is 4. The Hall–Kier alpha value is -1.93. The molecule has 7 nitrogen and oxygen atoms in total. The first kappa shape index (κ1) is 21.4. The quantitative estimate of drug-likeness (QED) is 0.591. The zero-order valence-corrected chi connectivity index (χ0v) is 16.2. The molecule has 0 bridgehead atoms. The third-order valence-electron chi connectivity index (χ3n) is 4.94. The molecule has 0 aromatic heterocycles. The summed E-state index contributed by atoms with van der Waals surface area (Å²) < 4.78 is 22.5. The lowest BCUT2D eigenvalue weighted by molar-refractivity contribution is -0.137. The maximum Gasteiger partial charge on any atom is 0.303 e. The molecule has 1 fully saturated rings. The van der Waals surface area contributed by atoms with Crippen molar-refractivity contribution in [2.75, 3.05) is 0 Å². The van der Waals surface area contributed by atoms with Gasteiger partial charge in [0.1, 0.15) is 0 Å². The maximum absolute atomic E-state index is 12.6. The summed E-state index contributed by atoms with van der Waals surface area (Å²) in [5.74, 6) is -1.03. The summed E-state index contributed by atoms with van der Waals surface area (Å²) in [5.41, 5.74) is 0.791. The fourth-order valence-electron chi connectivity index (χ4n) is 3.68. The number of primary sulfonamides is 1. The molecule has 1 amide bonds. The Morgan fingerprint density at radius 1 is 1.22 bits per heavy atom. The van der Waals surface area contributed by atoms with E-state index in [9.17, 15) is 18.0 Å². The Labute approximate surface area is 160 Å². The van der Waals surface area contributed by atoms with E-state index >= 15 is 0 Å². The van der Waals surface area contributed by atoms with Gasteiger partial charge in [-0.05, 0) is 36.5 Å². The van der Waals surface area contributed by atoms with Crippen LogP contribution in [0.3, 0.4) is 0 Å². The number of amides is 1. The largest absolute Gasteiger partial charge is 0.481 e. The Kier molecular flexibility index (Phi) is 7.79. The molecule has 1 unspecified atom stereocenters. The molecule has 8 heteroatoms. The predicted molar refractivity (Wildman–Crippen MR) is 103 cm³/mol. The fraction of sp³-hybridized carbons (Fsp3) is 0.579. The zero-order chi connectivity index (χ0) is 19.9. The monoisotopic (exact) mass is 396 g/mol. The molecule has 0 aliphatic heterocycles. The van der Waals surface area contributed by atoms with Gasteiger partial charge in [-0.15, -0.1) is 0 Å². The van der Waals surface area contributed by atoms with Crippen LogP contribution in [0.25, 0.3) is 0 Å². The van der Waals surface area contributed by atoms with Gasteiger partial charge in [-0.3, -0.25) is 9.59 Å². The first-order chi connectivity index (χ1) is 12.7. The van der Waals surface area contributed by atoms with Crippen molar-refractivity contribution in [1.29, 1.82) is 0 Å². The third-order valence-corrected chi connectivity index (χ3v) is 5.68. The van der Waals surface area contributed by atoms with Crippen LogP contribution in [-0.2, 0) is 20.6 Å². The van der Waals surface area contributed by atoms with Crippen molar-refractivity contribution in [2.45, 2.75) is 63.2 Å². The normalized spacial score (nSPS) is 16.6. The molecule has 0 heterocycles. The van der Waals surface area contributed by atoms with Crippen molar-refractivity contribution in [3.05, 3.63) is 35.4 Å². The third kappa shape index (κ3) is 8.09. The lowest BCUT2D eigenvalue weighted by atomic mass is 9.84. The molecule has 1 aromatic rings. The van der Waals surface area contributed by atoms with Gasteiger partial charge in [0, 0.05) is 18.0 Å². The fourth-order valence-corrected chi connectivity index (χ4v) is 4.32. The summed E-state index contributed by atoms with van der Waals surface area (Å²) >= 11 is 0. The molecule has 2 rings (SSSR count). The van der Waals surface area contributed by atoms with Crippen LogP contribution in [0.4, 0.5) is 0 Å². The molecule has 150 valence electrons. The highest BCUT2D eigenvalue weighted by molar-refractivity contribution is 7.88. The van der Waals surface area contributed by atoms with Gasteiger partial charge < -0.3 is 10.4 Å². The molecule has 1 aliphatic carbocycles. The van der Waals surface area contributed by atoms with Gasteiger partial charge in [-0.25, -0.2) is 13.6 Å². The number of aliphatic carboxylic acids is 1. The van der Waals surface area contributed by atoms with E-state index in [1.165, 1.54) is 25.3 Å². The number of benzene rings is 1. The minimum atomic E-state index is -3.68. The van der Waals surface area contributed by atoms with E-state index in [2.05, 4.69) is 5.32 Å². The molecule has 0 radical (unpaired) electrons. The van der Waals surface area contributed by atoms with Crippen molar-refractivity contribution in [2.24, 2.45) is 11.1 Å². The Bertz CT molecular complexity index is 757. The molecule has 1 aliphatic rings. The summed E-state index contributed by atoms with van der Waals surface area (Å²) in [6.07, 6.45) is 6.99. The van der Waals surface area contributed by atoms with Crippen molar-refractivity contribution < 1.29 is 23.1 Å². The highest BCUT2D eigenvalue weighted by atomic mass is 32.2. The van der Waals surface area contributed by atoms with Gasteiger partial charge in [-0.2, -0.15) is 0 Å². The number of carboxylic acids is 1. The van der Waals surface area contributed by atoms with E-state index < -0.39 is 16.0 Å². The van der Waals surface area contributed by atoms with Crippen LogP contribution in [0.2, 0.25) is 0 Å². The number of nitrogens with one attached hydrogen (secondary N) is 1. The second kappa shape index (κ2) is 9.85. The van der Waals surface area contributed by atoms with Crippen molar-refractivity contribution in [3.63, 3.8) is 0 Å². The number of carboxylic acid groups (broad SMARTS) is 1. The number of sulfonamides is 1. The Morgan fingerprint density at radius 3 is 2.56 bits per heavy atom. The summed E-state index contributed by atoms with van der Waals surface area (Å²) in [5, 5.41) is 17.0. The number of carbonyl (C=O) groups is 2. The van der Waals surface area contributed by atoms with Crippen molar-refractivity contribution in [1.82, 2.24) is 5.32 Å². The van der Waals surface area contributed by atoms with Crippen LogP contribution >= 0.6 is 0 Å². The SMILES string of the molecule is NS(=O)(=O)Cc1cccc(C(=O)NC(CCC(=O)O)CC2CCCCC2)c1. The first-order valence-electron chi connectivity index (χ1n) is 9.35. The van der Waals surface area contributed by atoms with Gasteiger partial charge in [0.05, 0.1) is 5.75 Å². The Balaban J connectivity index is 2.04. The van der Waals surface area contributed by atoms with Crippen LogP contribution in [0.5, 0.6) is 0 Å². The van der Waals surface area contributed by atoms with Crippen molar-refractivity contribution in [3.8, 4) is 0 Å². The van der Waals surface area contributed by atoms with E-state index in [0.717, 1.165) is 19.3 Å². The number of carbonyl (C=O) groups excluding carboxylic acids is 1. The summed E-state index contributed by atoms with van der Waals surface area (Å²) in [4.78, 5) is 23.6. The highest BCUT2D eigenvalue weighted by Crippen LogP contribution is 2.28. The standard InChI is InChI=1S/C19H28N2O5S/c20-27(25,26)13-15-7-4-8-16(11-15)19(24)21-17(9-10-18(22)23)12-14-5-2-1-3-6-14/h4,7-8,11,14,17H,1-3,5-6,9-10,12-13H2,(H,21,24)(H,22,23)(H2,20,25,26). The lowest BCUT2D eigenvalue weighted by Gasteiger charge is -2.27. The molecular weight excluding hydrogens is 368 g/mol. The molecule has 27 heavy (non-hydrogen) atoms. The lowest BCUT2D eigenvalue weighted by Crippen LogP contribution is -2.37. The van der Waals surface area contributed by atoms with Crippen LogP contribution in [0, 0.1) is 5.92 Å². The molecule has 1 aromatic carbocycles. The molecule has 0 spiro atoms. The van der Waals surface area contributed by atoms with E-state index in [1.807, 2.05) is 0 Å². The van der Waals surface area contributed by atoms with E-state index in [1.54, 1.807) is 18.2 Å². The second-order valence-electron chi connectivity index (χ2n) is 7.35. The van der Waals surface area contributed by atoms with E-state index in [4.69, 9.17) is 10.2 Å². The Morgan fingerprint density at radius 2 is 1.93 bits per heavy atom. The average molecular weight is 397 g/mol. The number of hydrogen-bond donors (Lipinski definition) is 3. The number of rotatable bonds is 9. The number of nitrogens with two attached hydrogens (primary N) is 1. The highest BCUT2D eigenvalue weighted by Gasteiger charge is 2.22.